The predicted molar refractivity (Wildman–Crippen MR) is 230 cm³/mol. The monoisotopic (exact) mass is 954 g/mol. The molecule has 0 aromatic heterocycles. The molecular formula is C48H40O4P2Pd2-2. The van der Waals surface area contributed by atoms with Gasteiger partial charge in [0.15, 0.2) is 0 Å². The molecule has 0 aliphatic rings. The van der Waals surface area contributed by atoms with Crippen molar-refractivity contribution in [1.82, 2.24) is 0 Å². The Labute approximate surface area is 359 Å². The third-order valence-electron chi connectivity index (χ3n) is 7.89. The molecule has 0 aliphatic heterocycles. The predicted octanol–water partition coefficient (Wildman–Crippen LogP) is 8.97. The molecule has 8 aromatic rings. The second-order valence-corrected chi connectivity index (χ2v) is 16.2. The fourth-order valence-electron chi connectivity index (χ4n) is 5.81. The molecule has 0 atom stereocenters. The van der Waals surface area contributed by atoms with Crippen molar-refractivity contribution in [3.8, 4) is 0 Å². The zero-order valence-corrected chi connectivity index (χ0v) is 35.6. The number of rotatable bonds is 6. The molecule has 0 heterocycles. The van der Waals surface area contributed by atoms with Gasteiger partial charge in [-0.3, -0.25) is 9.59 Å². The number of carboxylic acid groups (broad SMARTS) is 2. The van der Waals surface area contributed by atoms with Gasteiger partial charge >= 0.3 is 0 Å². The Kier molecular flexibility index (Phi) is 19.7. The van der Waals surface area contributed by atoms with E-state index in [1.54, 1.807) is 0 Å². The minimum absolute atomic E-state index is 0. The third-order valence-corrected chi connectivity index (χ3v) is 12.9. The first kappa shape index (κ1) is 45.8. The van der Waals surface area contributed by atoms with Crippen molar-refractivity contribution in [2.75, 3.05) is 0 Å². The maximum Gasteiger partial charge on any atom is 0.300 e. The van der Waals surface area contributed by atoms with Gasteiger partial charge in [-0.15, -0.1) is 70.1 Å². The van der Waals surface area contributed by atoms with E-state index < -0.39 is 27.8 Å². The molecule has 0 spiro atoms. The topological polar surface area (TPSA) is 74.6 Å². The van der Waals surface area contributed by atoms with E-state index in [1.807, 2.05) is 12.1 Å². The van der Waals surface area contributed by atoms with E-state index in [9.17, 15) is 0 Å². The van der Waals surface area contributed by atoms with Crippen molar-refractivity contribution < 1.29 is 60.6 Å². The Morgan fingerprint density at radius 2 is 0.643 bits per heavy atom. The van der Waals surface area contributed by atoms with Crippen LogP contribution in [0, 0.1) is 12.1 Å². The number of benzene rings is 8. The summed E-state index contributed by atoms with van der Waals surface area (Å²) in [6, 6.07) is 75.8. The molecule has 8 rings (SSSR count). The zero-order chi connectivity index (χ0) is 38.1. The maximum atomic E-state index is 9.00. The number of hydrogen-bond donors (Lipinski definition) is 2. The van der Waals surface area contributed by atoms with Crippen LogP contribution in [0.25, 0.3) is 21.5 Å². The molecule has 0 amide bonds. The number of carboxylic acids is 2. The van der Waals surface area contributed by atoms with Crippen molar-refractivity contribution in [1.29, 1.82) is 0 Å². The summed E-state index contributed by atoms with van der Waals surface area (Å²) in [5.41, 5.74) is 0. The molecule has 56 heavy (non-hydrogen) atoms. The van der Waals surface area contributed by atoms with Crippen LogP contribution in [0.1, 0.15) is 13.8 Å². The van der Waals surface area contributed by atoms with Crippen LogP contribution < -0.4 is 31.8 Å². The first-order chi connectivity index (χ1) is 26.3. The summed E-state index contributed by atoms with van der Waals surface area (Å²) in [4.78, 5) is 18.0. The molecular weight excluding hydrogens is 915 g/mol. The second-order valence-electron chi connectivity index (χ2n) is 11.9. The van der Waals surface area contributed by atoms with Gasteiger partial charge in [-0.05, 0) is 21.2 Å². The first-order valence-corrected chi connectivity index (χ1v) is 20.0. The Morgan fingerprint density at radius 3 is 0.911 bits per heavy atom. The molecule has 0 saturated heterocycles. The summed E-state index contributed by atoms with van der Waals surface area (Å²) < 4.78 is 0. The van der Waals surface area contributed by atoms with Crippen LogP contribution in [0.5, 0.6) is 0 Å². The smallest absolute Gasteiger partial charge is 0.300 e. The Hall–Kier alpha value is -4.60. The third kappa shape index (κ3) is 13.3. The van der Waals surface area contributed by atoms with Crippen LogP contribution in [0.3, 0.4) is 0 Å². The van der Waals surface area contributed by atoms with Crippen molar-refractivity contribution in [2.45, 2.75) is 13.8 Å². The van der Waals surface area contributed by atoms with E-state index in [1.165, 1.54) is 53.4 Å². The van der Waals surface area contributed by atoms with Crippen LogP contribution in [0.15, 0.2) is 194 Å². The van der Waals surface area contributed by atoms with Gasteiger partial charge in [-0.1, -0.05) is 184 Å². The fraction of sp³-hybridized carbons (Fsp3) is 0.0417. The largest absolute Gasteiger partial charge is 0.481 e. The number of carbonyl (C=O) groups is 2. The minimum atomic E-state index is -0.833. The molecule has 0 aliphatic carbocycles. The van der Waals surface area contributed by atoms with Gasteiger partial charge in [-0.2, -0.15) is 0 Å². The summed E-state index contributed by atoms with van der Waals surface area (Å²) in [7, 11) is -1.15. The summed E-state index contributed by atoms with van der Waals surface area (Å²) >= 11 is 0. The minimum Gasteiger partial charge on any atom is -0.481 e. The second kappa shape index (κ2) is 24.1. The van der Waals surface area contributed by atoms with E-state index >= 15 is 0 Å². The Morgan fingerprint density at radius 1 is 0.393 bits per heavy atom. The fourth-order valence-corrected chi connectivity index (χ4v) is 10.7. The molecule has 8 heteroatoms. The molecule has 0 saturated carbocycles. The van der Waals surface area contributed by atoms with Crippen molar-refractivity contribution in [3.05, 3.63) is 206 Å². The summed E-state index contributed by atoms with van der Waals surface area (Å²) in [5, 5.41) is 28.0. The van der Waals surface area contributed by atoms with E-state index in [-0.39, 0.29) is 40.8 Å². The Balaban J connectivity index is 0.000000245. The average Bonchev–Trinajstić information content (AvgIpc) is 3.20. The van der Waals surface area contributed by atoms with E-state index in [2.05, 4.69) is 194 Å². The van der Waals surface area contributed by atoms with E-state index in [4.69, 9.17) is 19.8 Å². The van der Waals surface area contributed by atoms with Gasteiger partial charge in [0.05, 0.1) is 0 Å². The van der Waals surface area contributed by atoms with Crippen LogP contribution in [0.4, 0.5) is 0 Å². The van der Waals surface area contributed by atoms with Gasteiger partial charge in [0, 0.05) is 54.7 Å². The normalized spacial score (nSPS) is 9.93. The van der Waals surface area contributed by atoms with Crippen LogP contribution in [-0.2, 0) is 50.4 Å². The number of hydrogen-bond acceptors (Lipinski definition) is 2. The van der Waals surface area contributed by atoms with Gasteiger partial charge in [0.2, 0.25) is 0 Å². The molecule has 8 aromatic carbocycles. The van der Waals surface area contributed by atoms with E-state index in [0.29, 0.717) is 0 Å². The van der Waals surface area contributed by atoms with Crippen LogP contribution in [-0.4, -0.2) is 22.2 Å². The summed E-state index contributed by atoms with van der Waals surface area (Å²) in [5.74, 6) is -1.67. The van der Waals surface area contributed by atoms with E-state index in [0.717, 1.165) is 13.8 Å². The zero-order valence-electron chi connectivity index (χ0n) is 30.7. The van der Waals surface area contributed by atoms with Crippen molar-refractivity contribution in [2.24, 2.45) is 0 Å². The average molecular weight is 956 g/mol. The molecule has 0 fully saturated rings. The Bertz CT molecular complexity index is 2110. The van der Waals surface area contributed by atoms with Gasteiger partial charge in [0.25, 0.3) is 11.9 Å². The molecule has 0 radical (unpaired) electrons. The molecule has 288 valence electrons. The van der Waals surface area contributed by atoms with Gasteiger partial charge in [0.1, 0.15) is 0 Å². The quantitative estimate of drug-likeness (QED) is 0.0993. The summed E-state index contributed by atoms with van der Waals surface area (Å²) in [6.07, 6.45) is 0. The standard InChI is InChI=1S/2C22H16P.2C2H4O2.2Pd/c2*1-3-12-19(13-4-1)23(20-14-5-2-6-15-20)22-17-9-11-18-10-7-8-16-21(18)22;2*1-2(3)4;;/h2*1-15,17H;2*1H3,(H,3,4);;/q2*-1;;;;. The maximum absolute atomic E-state index is 9.00. The molecule has 2 N–H and O–H groups in total. The first-order valence-electron chi connectivity index (χ1n) is 17.3. The number of fused-ring (bicyclic) bond motifs is 2. The molecule has 0 unspecified atom stereocenters. The van der Waals surface area contributed by atoms with Crippen LogP contribution >= 0.6 is 15.8 Å². The summed E-state index contributed by atoms with van der Waals surface area (Å²) in [6.45, 7) is 2.17. The van der Waals surface area contributed by atoms with Crippen molar-refractivity contribution >= 4 is 81.2 Å². The van der Waals surface area contributed by atoms with Gasteiger partial charge in [-0.25, -0.2) is 0 Å². The van der Waals surface area contributed by atoms with Gasteiger partial charge < -0.3 is 10.2 Å². The van der Waals surface area contributed by atoms with Crippen LogP contribution in [0.2, 0.25) is 0 Å². The van der Waals surface area contributed by atoms with Crippen molar-refractivity contribution in [3.63, 3.8) is 0 Å². The molecule has 0 bridgehead atoms. The molecule has 4 nitrogen and oxygen atoms in total. The SMILES string of the molecule is CC(=O)O.CC(=O)O.[Pd].[Pd].[c-]1cccc2cccc(P(c3ccccc3)c3ccccc3)c12.[c-]1cccc2cccc(P(c3ccccc3)c3ccccc3)c12. The number of aliphatic carboxylic acids is 2.